The summed E-state index contributed by atoms with van der Waals surface area (Å²) in [7, 11) is 0. The van der Waals surface area contributed by atoms with Crippen molar-refractivity contribution in [3.8, 4) is 11.3 Å². The first-order valence-electron chi connectivity index (χ1n) is 9.19. The first kappa shape index (κ1) is 18.3. The van der Waals surface area contributed by atoms with Crippen LogP contribution in [0.5, 0.6) is 0 Å². The van der Waals surface area contributed by atoms with Crippen molar-refractivity contribution in [3.05, 3.63) is 66.2 Å². The Morgan fingerprint density at radius 1 is 1.04 bits per heavy atom. The molecule has 0 bridgehead atoms. The van der Waals surface area contributed by atoms with Crippen LogP contribution in [-0.2, 0) is 4.74 Å². The van der Waals surface area contributed by atoms with Crippen molar-refractivity contribution < 1.29 is 13.5 Å². The van der Waals surface area contributed by atoms with E-state index in [1.807, 2.05) is 36.4 Å². The van der Waals surface area contributed by atoms with E-state index in [0.717, 1.165) is 31.1 Å². The first-order chi connectivity index (χ1) is 13.7. The molecule has 0 saturated carbocycles. The molecule has 0 amide bonds. The highest BCUT2D eigenvalue weighted by atomic mass is 19.1. The van der Waals surface area contributed by atoms with E-state index in [2.05, 4.69) is 20.6 Å². The third kappa shape index (κ3) is 4.43. The van der Waals surface area contributed by atoms with E-state index in [0.29, 0.717) is 18.1 Å². The zero-order chi connectivity index (χ0) is 19.3. The molecular formula is C21H20F2N4O. The van der Waals surface area contributed by atoms with E-state index in [4.69, 9.17) is 4.74 Å². The number of nitrogens with zero attached hydrogens (tertiary/aromatic N) is 2. The SMILES string of the molecule is Fc1ccc(Nc2nc(NCC3CCCO3)cc(-c3ccccc3)n2)c(F)c1. The number of halogens is 2. The smallest absolute Gasteiger partial charge is 0.229 e. The molecule has 1 aromatic heterocycles. The van der Waals surface area contributed by atoms with Crippen molar-refractivity contribution in [2.45, 2.75) is 18.9 Å². The van der Waals surface area contributed by atoms with Crippen molar-refractivity contribution in [1.29, 1.82) is 0 Å². The molecule has 2 heterocycles. The van der Waals surface area contributed by atoms with Crippen LogP contribution in [0.4, 0.5) is 26.2 Å². The second-order valence-electron chi connectivity index (χ2n) is 6.59. The Bertz CT molecular complexity index is 946. The summed E-state index contributed by atoms with van der Waals surface area (Å²) in [6.07, 6.45) is 2.22. The maximum atomic E-state index is 14.0. The molecule has 144 valence electrons. The van der Waals surface area contributed by atoms with Crippen molar-refractivity contribution in [2.75, 3.05) is 23.8 Å². The Labute approximate surface area is 161 Å². The highest BCUT2D eigenvalue weighted by molar-refractivity contribution is 5.66. The number of benzene rings is 2. The van der Waals surface area contributed by atoms with Gasteiger partial charge in [-0.15, -0.1) is 0 Å². The molecule has 4 rings (SSSR count). The van der Waals surface area contributed by atoms with Crippen LogP contribution >= 0.6 is 0 Å². The third-order valence-corrected chi connectivity index (χ3v) is 4.51. The molecule has 5 nitrogen and oxygen atoms in total. The molecule has 0 spiro atoms. The standard InChI is InChI=1S/C21H20F2N4O/c22-15-8-9-18(17(23)11-15)25-21-26-19(14-5-2-1-3-6-14)12-20(27-21)24-13-16-7-4-10-28-16/h1-3,5-6,8-9,11-12,16H,4,7,10,13H2,(H2,24,25,26,27). The monoisotopic (exact) mass is 382 g/mol. The molecule has 1 aliphatic rings. The molecule has 3 aromatic rings. The maximum absolute atomic E-state index is 14.0. The lowest BCUT2D eigenvalue weighted by molar-refractivity contribution is 0.120. The molecule has 2 aromatic carbocycles. The fraction of sp³-hybridized carbons (Fsp3) is 0.238. The van der Waals surface area contributed by atoms with Crippen molar-refractivity contribution in [3.63, 3.8) is 0 Å². The summed E-state index contributed by atoms with van der Waals surface area (Å²) < 4.78 is 32.8. The lowest BCUT2D eigenvalue weighted by Gasteiger charge is -2.14. The van der Waals surface area contributed by atoms with Crippen LogP contribution in [0.1, 0.15) is 12.8 Å². The fourth-order valence-corrected chi connectivity index (χ4v) is 3.09. The summed E-state index contributed by atoms with van der Waals surface area (Å²) in [6, 6.07) is 14.8. The predicted molar refractivity (Wildman–Crippen MR) is 105 cm³/mol. The Balaban J connectivity index is 1.62. The zero-order valence-corrected chi connectivity index (χ0v) is 15.2. The summed E-state index contributed by atoms with van der Waals surface area (Å²) >= 11 is 0. The lowest BCUT2D eigenvalue weighted by Crippen LogP contribution is -2.19. The summed E-state index contributed by atoms with van der Waals surface area (Å²) in [5.41, 5.74) is 1.71. The van der Waals surface area contributed by atoms with E-state index in [1.165, 1.54) is 12.1 Å². The Morgan fingerprint density at radius 2 is 1.89 bits per heavy atom. The highest BCUT2D eigenvalue weighted by Gasteiger charge is 2.16. The van der Waals surface area contributed by atoms with Crippen molar-refractivity contribution in [2.24, 2.45) is 0 Å². The Kier molecular flexibility index (Phi) is 5.43. The second kappa shape index (κ2) is 8.31. The number of aromatic nitrogens is 2. The van der Waals surface area contributed by atoms with Gasteiger partial charge >= 0.3 is 0 Å². The number of ether oxygens (including phenoxy) is 1. The predicted octanol–water partition coefficient (Wildman–Crippen LogP) is 4.76. The van der Waals surface area contributed by atoms with E-state index in [-0.39, 0.29) is 17.7 Å². The summed E-state index contributed by atoms with van der Waals surface area (Å²) in [5.74, 6) is -0.514. The van der Waals surface area contributed by atoms with Crippen LogP contribution in [0, 0.1) is 11.6 Å². The van der Waals surface area contributed by atoms with E-state index >= 15 is 0 Å². The molecule has 1 unspecified atom stereocenters. The average Bonchev–Trinajstić information content (AvgIpc) is 3.23. The van der Waals surface area contributed by atoms with Crippen molar-refractivity contribution in [1.82, 2.24) is 9.97 Å². The molecular weight excluding hydrogens is 362 g/mol. The van der Waals surface area contributed by atoms with Gasteiger partial charge in [-0.3, -0.25) is 0 Å². The quantitative estimate of drug-likeness (QED) is 0.644. The zero-order valence-electron chi connectivity index (χ0n) is 15.2. The van der Waals surface area contributed by atoms with Crippen molar-refractivity contribution >= 4 is 17.5 Å². The normalized spacial score (nSPS) is 16.1. The minimum absolute atomic E-state index is 0.108. The largest absolute Gasteiger partial charge is 0.376 e. The molecule has 1 saturated heterocycles. The molecule has 28 heavy (non-hydrogen) atoms. The highest BCUT2D eigenvalue weighted by Crippen LogP contribution is 2.25. The average molecular weight is 382 g/mol. The molecule has 1 aliphatic heterocycles. The molecule has 1 atom stereocenters. The number of rotatable bonds is 6. The van der Waals surface area contributed by atoms with Gasteiger partial charge in [0.2, 0.25) is 5.95 Å². The van der Waals surface area contributed by atoms with Gasteiger partial charge in [-0.25, -0.2) is 13.8 Å². The van der Waals surface area contributed by atoms with E-state index in [1.54, 1.807) is 0 Å². The fourth-order valence-electron chi connectivity index (χ4n) is 3.09. The van der Waals surface area contributed by atoms with Crippen LogP contribution in [0.25, 0.3) is 11.3 Å². The van der Waals surface area contributed by atoms with Gasteiger partial charge in [0.1, 0.15) is 17.5 Å². The molecule has 0 aliphatic carbocycles. The third-order valence-electron chi connectivity index (χ3n) is 4.51. The van der Waals surface area contributed by atoms with E-state index < -0.39 is 11.6 Å². The van der Waals surface area contributed by atoms with Crippen LogP contribution in [0.3, 0.4) is 0 Å². The molecule has 0 radical (unpaired) electrons. The first-order valence-corrected chi connectivity index (χ1v) is 9.19. The van der Waals surface area contributed by atoms with Gasteiger partial charge in [-0.2, -0.15) is 4.98 Å². The minimum atomic E-state index is -0.706. The molecule has 7 heteroatoms. The van der Waals surface area contributed by atoms with Gasteiger partial charge in [-0.1, -0.05) is 30.3 Å². The maximum Gasteiger partial charge on any atom is 0.229 e. The van der Waals surface area contributed by atoms with Crippen LogP contribution in [-0.4, -0.2) is 29.2 Å². The van der Waals surface area contributed by atoms with Gasteiger partial charge in [0.15, 0.2) is 0 Å². The van der Waals surface area contributed by atoms with Gasteiger partial charge in [-0.05, 0) is 25.0 Å². The number of nitrogens with one attached hydrogen (secondary N) is 2. The van der Waals surface area contributed by atoms with Gasteiger partial charge in [0.25, 0.3) is 0 Å². The summed E-state index contributed by atoms with van der Waals surface area (Å²) in [5, 5.41) is 6.12. The summed E-state index contributed by atoms with van der Waals surface area (Å²) in [6.45, 7) is 1.41. The van der Waals surface area contributed by atoms with Crippen LogP contribution in [0.15, 0.2) is 54.6 Å². The topological polar surface area (TPSA) is 59.1 Å². The number of hydrogen-bond donors (Lipinski definition) is 2. The molecule has 2 N–H and O–H groups in total. The number of hydrogen-bond acceptors (Lipinski definition) is 5. The number of anilines is 3. The minimum Gasteiger partial charge on any atom is -0.376 e. The summed E-state index contributed by atoms with van der Waals surface area (Å²) in [4.78, 5) is 8.92. The molecule has 1 fully saturated rings. The Morgan fingerprint density at radius 3 is 2.64 bits per heavy atom. The van der Waals surface area contributed by atoms with Gasteiger partial charge in [0, 0.05) is 30.8 Å². The van der Waals surface area contributed by atoms with E-state index in [9.17, 15) is 8.78 Å². The van der Waals surface area contributed by atoms with Crippen LogP contribution < -0.4 is 10.6 Å². The second-order valence-corrected chi connectivity index (χ2v) is 6.59. The van der Waals surface area contributed by atoms with Gasteiger partial charge in [0.05, 0.1) is 17.5 Å². The Hall–Kier alpha value is -3.06. The van der Waals surface area contributed by atoms with Crippen LogP contribution in [0.2, 0.25) is 0 Å². The lowest BCUT2D eigenvalue weighted by atomic mass is 10.1. The van der Waals surface area contributed by atoms with Gasteiger partial charge < -0.3 is 15.4 Å².